The molecule has 0 aliphatic carbocycles. The van der Waals surface area contributed by atoms with E-state index >= 15 is 4.79 Å². The number of benzene rings is 3. The maximum Gasteiger partial charge on any atom is 0.264 e. The van der Waals surface area contributed by atoms with Gasteiger partial charge in [-0.2, -0.15) is 5.10 Å². The van der Waals surface area contributed by atoms with Crippen LogP contribution in [-0.2, 0) is 31.8 Å². The van der Waals surface area contributed by atoms with Gasteiger partial charge in [0.15, 0.2) is 11.5 Å². The second-order valence-electron chi connectivity index (χ2n) is 13.6. The lowest BCUT2D eigenvalue weighted by atomic mass is 9.92. The first kappa shape index (κ1) is 36.1. The molecule has 3 aliphatic rings. The average Bonchev–Trinajstić information content (AvgIpc) is 3.72. The van der Waals surface area contributed by atoms with Crippen LogP contribution in [0.3, 0.4) is 0 Å². The minimum atomic E-state index is -0.276. The van der Waals surface area contributed by atoms with Crippen molar-refractivity contribution in [3.63, 3.8) is 0 Å². The topological polar surface area (TPSA) is 115 Å². The molecule has 13 heteroatoms. The molecule has 0 spiro atoms. The number of phenols is 1. The average molecular weight is 739 g/mol. The van der Waals surface area contributed by atoms with Crippen molar-refractivity contribution in [3.8, 4) is 28.5 Å². The summed E-state index contributed by atoms with van der Waals surface area (Å²) in [6.45, 7) is 6.93. The number of aryl methyl sites for hydroxylation is 1. The zero-order valence-electron chi connectivity index (χ0n) is 30.0. The molecule has 0 saturated carbocycles. The molecule has 2 aromatic heterocycles. The number of amides is 2. The van der Waals surface area contributed by atoms with E-state index in [4.69, 9.17) is 14.2 Å². The van der Waals surface area contributed by atoms with Crippen molar-refractivity contribution in [2.24, 2.45) is 14.1 Å². The maximum atomic E-state index is 15.1. The van der Waals surface area contributed by atoms with Crippen molar-refractivity contribution in [1.82, 2.24) is 24.1 Å². The summed E-state index contributed by atoms with van der Waals surface area (Å²) in [5, 5.41) is 14.3. The summed E-state index contributed by atoms with van der Waals surface area (Å²) < 4.78 is 21.3. The molecule has 3 aliphatic heterocycles. The Morgan fingerprint density at radius 2 is 1.58 bits per heavy atom. The Morgan fingerprint density at radius 1 is 0.887 bits per heavy atom. The predicted molar refractivity (Wildman–Crippen MR) is 203 cm³/mol. The van der Waals surface area contributed by atoms with Crippen molar-refractivity contribution in [1.29, 1.82) is 0 Å². The molecule has 3 aromatic carbocycles. The van der Waals surface area contributed by atoms with E-state index < -0.39 is 0 Å². The molecule has 53 heavy (non-hydrogen) atoms. The number of phenolic OH excluding ortho intramolecular Hbond substituents is 1. The number of anilines is 2. The summed E-state index contributed by atoms with van der Waals surface area (Å²) in [5.41, 5.74) is 6.57. The number of hydrogen-bond donors (Lipinski definition) is 1. The molecule has 1 atom stereocenters. The summed E-state index contributed by atoms with van der Waals surface area (Å²) >= 11 is 0. The normalized spacial score (nSPS) is 16.8. The molecular formula is C40H43ClN6O6. The monoisotopic (exact) mass is 738 g/mol. The Labute approximate surface area is 314 Å². The fraction of sp³-hybridized carbons (Fsp3) is 0.325. The van der Waals surface area contributed by atoms with Gasteiger partial charge in [-0.3, -0.25) is 24.1 Å². The van der Waals surface area contributed by atoms with Crippen molar-refractivity contribution in [2.45, 2.75) is 25.9 Å². The molecule has 1 saturated heterocycles. The predicted octanol–water partition coefficient (Wildman–Crippen LogP) is 5.51. The lowest BCUT2D eigenvalue weighted by Crippen LogP contribution is -2.52. The Morgan fingerprint density at radius 3 is 2.28 bits per heavy atom. The third-order valence-electron chi connectivity index (χ3n) is 10.4. The summed E-state index contributed by atoms with van der Waals surface area (Å²) in [5.74, 6) is 0.798. The fourth-order valence-corrected chi connectivity index (χ4v) is 7.51. The van der Waals surface area contributed by atoms with E-state index in [0.717, 1.165) is 37.3 Å². The summed E-state index contributed by atoms with van der Waals surface area (Å²) in [6.07, 6.45) is 4.15. The number of rotatable bonds is 7. The Bertz CT molecular complexity index is 2140. The molecule has 1 fully saturated rings. The minimum absolute atomic E-state index is 0. The number of aromatic hydroxyl groups is 1. The third-order valence-corrected chi connectivity index (χ3v) is 10.4. The number of carbonyl (C=O) groups is 2. The number of hydrogen-bond acceptors (Lipinski definition) is 8. The molecule has 8 rings (SSSR count). The highest BCUT2D eigenvalue weighted by Crippen LogP contribution is 2.41. The lowest BCUT2D eigenvalue weighted by molar-refractivity contribution is 0.0193. The van der Waals surface area contributed by atoms with E-state index in [0.29, 0.717) is 78.2 Å². The quantitative estimate of drug-likeness (QED) is 0.233. The zero-order valence-corrected chi connectivity index (χ0v) is 30.8. The molecule has 0 bridgehead atoms. The van der Waals surface area contributed by atoms with Crippen LogP contribution in [0.4, 0.5) is 11.4 Å². The summed E-state index contributed by atoms with van der Waals surface area (Å²) in [4.78, 5) is 35.6. The molecule has 2 amide bonds. The highest BCUT2D eigenvalue weighted by molar-refractivity contribution is 6.12. The zero-order chi connectivity index (χ0) is 35.9. The third kappa shape index (κ3) is 6.97. The van der Waals surface area contributed by atoms with Gasteiger partial charge < -0.3 is 28.8 Å². The first-order valence-corrected chi connectivity index (χ1v) is 17.7. The van der Waals surface area contributed by atoms with Gasteiger partial charge in [-0.05, 0) is 66.9 Å². The number of aromatic nitrogens is 3. The van der Waals surface area contributed by atoms with E-state index in [2.05, 4.69) is 28.2 Å². The van der Waals surface area contributed by atoms with Crippen LogP contribution in [0.2, 0.25) is 0 Å². The van der Waals surface area contributed by atoms with Crippen LogP contribution in [0, 0.1) is 6.92 Å². The molecule has 1 N–H and O–H groups in total. The van der Waals surface area contributed by atoms with Gasteiger partial charge in [0, 0.05) is 75.2 Å². The van der Waals surface area contributed by atoms with Crippen LogP contribution < -0.4 is 14.4 Å². The summed E-state index contributed by atoms with van der Waals surface area (Å²) in [7, 11) is 3.70. The lowest BCUT2D eigenvalue weighted by Gasteiger charge is -2.40. The van der Waals surface area contributed by atoms with Crippen LogP contribution in [0.25, 0.3) is 11.3 Å². The Kier molecular flexibility index (Phi) is 10.2. The highest BCUT2D eigenvalue weighted by atomic mass is 35.5. The second-order valence-corrected chi connectivity index (χ2v) is 13.6. The number of halogens is 1. The minimum Gasteiger partial charge on any atom is -0.508 e. The molecule has 5 heterocycles. The van der Waals surface area contributed by atoms with Crippen LogP contribution >= 0.6 is 12.4 Å². The van der Waals surface area contributed by atoms with E-state index in [1.807, 2.05) is 41.6 Å². The molecule has 0 unspecified atom stereocenters. The molecule has 276 valence electrons. The van der Waals surface area contributed by atoms with Crippen LogP contribution in [-0.4, -0.2) is 93.2 Å². The Balaban J connectivity index is 0.00000435. The van der Waals surface area contributed by atoms with Gasteiger partial charge in [0.05, 0.1) is 36.2 Å². The van der Waals surface area contributed by atoms with Crippen LogP contribution in [0.1, 0.15) is 37.5 Å². The number of morpholine rings is 1. The van der Waals surface area contributed by atoms with E-state index in [-0.39, 0.29) is 36.0 Å². The van der Waals surface area contributed by atoms with E-state index in [1.54, 1.807) is 59.4 Å². The largest absolute Gasteiger partial charge is 0.508 e. The van der Waals surface area contributed by atoms with Gasteiger partial charge in [-0.1, -0.05) is 24.3 Å². The highest BCUT2D eigenvalue weighted by Gasteiger charge is 2.35. The van der Waals surface area contributed by atoms with Crippen LogP contribution in [0.5, 0.6) is 17.2 Å². The van der Waals surface area contributed by atoms with Crippen molar-refractivity contribution < 1.29 is 28.9 Å². The number of ether oxygens (including phenoxy) is 3. The van der Waals surface area contributed by atoms with Crippen LogP contribution in [0.15, 0.2) is 79.1 Å². The fourth-order valence-electron chi connectivity index (χ4n) is 7.51. The maximum absolute atomic E-state index is 15.1. The van der Waals surface area contributed by atoms with Gasteiger partial charge in [0.1, 0.15) is 19.0 Å². The molecule has 12 nitrogen and oxygen atoms in total. The smallest absolute Gasteiger partial charge is 0.264 e. The number of carbonyl (C=O) groups excluding carboxylic acids is 2. The van der Waals surface area contributed by atoms with Crippen molar-refractivity contribution in [2.75, 3.05) is 51.0 Å². The SMILES string of the molecule is Cc1c(C(=O)N(c2ccc(O)cc2)c2cnn(C)c2)cc(-c2cc3c(cc2C(=O)N2Cc4ccccc4C[C@H]2CN2CCOCC2)OCCO3)n1C.Cl. The first-order valence-electron chi connectivity index (χ1n) is 17.7. The van der Waals surface area contributed by atoms with E-state index in [1.165, 1.54) is 5.56 Å². The van der Waals surface area contributed by atoms with Gasteiger partial charge in [-0.25, -0.2) is 0 Å². The summed E-state index contributed by atoms with van der Waals surface area (Å²) in [6, 6.07) is 20.3. The Hall–Kier alpha value is -5.30. The van der Waals surface area contributed by atoms with Crippen molar-refractivity contribution >= 4 is 35.6 Å². The van der Waals surface area contributed by atoms with Gasteiger partial charge in [0.25, 0.3) is 11.8 Å². The molecule has 0 radical (unpaired) electrons. The van der Waals surface area contributed by atoms with Gasteiger partial charge in [0.2, 0.25) is 0 Å². The first-order chi connectivity index (χ1) is 25.2. The van der Waals surface area contributed by atoms with Gasteiger partial charge in [-0.15, -0.1) is 12.4 Å². The second kappa shape index (κ2) is 15.0. The van der Waals surface area contributed by atoms with E-state index in [9.17, 15) is 9.90 Å². The van der Waals surface area contributed by atoms with Gasteiger partial charge >= 0.3 is 0 Å². The van der Waals surface area contributed by atoms with Crippen molar-refractivity contribution in [3.05, 3.63) is 107 Å². The number of nitrogens with zero attached hydrogens (tertiary/aromatic N) is 6. The molecule has 5 aromatic rings. The molecular weight excluding hydrogens is 696 g/mol. The standard InChI is InChI=1S/C40H42N6O6.ClH/c1-26-33(40(49)46(31-22-41-42(2)24-31)29-8-10-32(47)11-9-29)19-36(43(26)3)34-20-37-38(52-17-16-51-37)21-35(34)39(48)45-23-28-7-5-4-6-27(28)18-30(45)25-44-12-14-50-15-13-44;/h4-11,19-22,24,30,47H,12-18,23,25H2,1-3H3;1H/t30-;/m0./s1. The number of fused-ring (bicyclic) bond motifs is 2.